The second kappa shape index (κ2) is 7.34. The molecular weight excluding hydrogens is 342 g/mol. The first-order valence-electron chi connectivity index (χ1n) is 9.31. The van der Waals surface area contributed by atoms with Gasteiger partial charge in [-0.05, 0) is 62.8 Å². The standard InChI is InChI=1S/C20H23N5O2/c1-12(2)24-20(26)27-17-4-3-13(8-17)16-7-15-9-18(25-19(15)21-10-16)14-5-6-22-23-11-14/h5-7,9-13,17H,3-4,8H2,1-2H3,(H,21,25)(H,24,26)/t13-,17+/m0/s1. The predicted octanol–water partition coefficient (Wildman–Crippen LogP) is 3.79. The molecule has 27 heavy (non-hydrogen) atoms. The van der Waals surface area contributed by atoms with Crippen molar-refractivity contribution in [3.63, 3.8) is 0 Å². The summed E-state index contributed by atoms with van der Waals surface area (Å²) >= 11 is 0. The molecular formula is C20H23N5O2. The van der Waals surface area contributed by atoms with Crippen molar-refractivity contribution in [2.24, 2.45) is 0 Å². The summed E-state index contributed by atoms with van der Waals surface area (Å²) in [6.45, 7) is 3.85. The monoisotopic (exact) mass is 365 g/mol. The second-order valence-corrected chi connectivity index (χ2v) is 7.36. The van der Waals surface area contributed by atoms with Crippen LogP contribution in [0.15, 0.2) is 36.8 Å². The number of fused-ring (bicyclic) bond motifs is 1. The Kier molecular flexibility index (Phi) is 4.75. The molecule has 4 rings (SSSR count). The lowest BCUT2D eigenvalue weighted by Crippen LogP contribution is -2.33. The Morgan fingerprint density at radius 3 is 2.93 bits per heavy atom. The normalized spacial score (nSPS) is 19.5. The lowest BCUT2D eigenvalue weighted by Gasteiger charge is -2.15. The third-order valence-electron chi connectivity index (χ3n) is 4.92. The summed E-state index contributed by atoms with van der Waals surface area (Å²) in [5.41, 5.74) is 4.00. The molecule has 3 aromatic heterocycles. The Morgan fingerprint density at radius 1 is 1.26 bits per heavy atom. The fourth-order valence-corrected chi connectivity index (χ4v) is 3.63. The van der Waals surface area contributed by atoms with Crippen molar-refractivity contribution in [2.75, 3.05) is 0 Å². The van der Waals surface area contributed by atoms with Crippen LogP contribution >= 0.6 is 0 Å². The highest BCUT2D eigenvalue weighted by Gasteiger charge is 2.29. The zero-order valence-corrected chi connectivity index (χ0v) is 15.5. The molecule has 7 heteroatoms. The van der Waals surface area contributed by atoms with E-state index >= 15 is 0 Å². The SMILES string of the molecule is CC(C)NC(=O)O[C@@H]1CC[C@H](c2cnc3[nH]c(-c4ccnnc4)cc3c2)C1. The zero-order chi connectivity index (χ0) is 18.8. The van der Waals surface area contributed by atoms with Crippen molar-refractivity contribution in [3.8, 4) is 11.3 Å². The minimum Gasteiger partial charge on any atom is -0.446 e. The molecule has 2 atom stereocenters. The number of nitrogens with one attached hydrogen (secondary N) is 2. The summed E-state index contributed by atoms with van der Waals surface area (Å²) in [4.78, 5) is 19.7. The van der Waals surface area contributed by atoms with Crippen LogP contribution in [0, 0.1) is 0 Å². The number of amides is 1. The van der Waals surface area contributed by atoms with Gasteiger partial charge in [-0.3, -0.25) is 0 Å². The lowest BCUT2D eigenvalue weighted by atomic mass is 9.98. The largest absolute Gasteiger partial charge is 0.446 e. The number of ether oxygens (including phenoxy) is 1. The summed E-state index contributed by atoms with van der Waals surface area (Å²) in [5, 5.41) is 11.6. The van der Waals surface area contributed by atoms with Crippen molar-refractivity contribution < 1.29 is 9.53 Å². The Morgan fingerprint density at radius 2 is 2.15 bits per heavy atom. The number of nitrogens with zero attached hydrogens (tertiary/aromatic N) is 3. The molecule has 3 aromatic rings. The minimum atomic E-state index is -0.328. The summed E-state index contributed by atoms with van der Waals surface area (Å²) in [6, 6.07) is 6.26. The summed E-state index contributed by atoms with van der Waals surface area (Å²) < 4.78 is 5.53. The van der Waals surface area contributed by atoms with Gasteiger partial charge in [-0.25, -0.2) is 9.78 Å². The van der Waals surface area contributed by atoms with Crippen LogP contribution < -0.4 is 5.32 Å². The minimum absolute atomic E-state index is 0.0332. The number of aromatic amines is 1. The molecule has 1 amide bonds. The molecule has 1 fully saturated rings. The van der Waals surface area contributed by atoms with Crippen molar-refractivity contribution in [1.82, 2.24) is 25.5 Å². The van der Waals surface area contributed by atoms with Crippen molar-refractivity contribution in [1.29, 1.82) is 0 Å². The molecule has 0 radical (unpaired) electrons. The van der Waals surface area contributed by atoms with Gasteiger partial charge in [-0.1, -0.05) is 0 Å². The maximum Gasteiger partial charge on any atom is 0.407 e. The van der Waals surface area contributed by atoms with Gasteiger partial charge in [0.05, 0.1) is 12.4 Å². The molecule has 1 aliphatic rings. The summed E-state index contributed by atoms with van der Waals surface area (Å²) in [6.07, 6.45) is 7.69. The van der Waals surface area contributed by atoms with E-state index in [2.05, 4.69) is 37.6 Å². The highest BCUT2D eigenvalue weighted by Crippen LogP contribution is 2.37. The Bertz CT molecular complexity index is 938. The molecule has 0 aliphatic heterocycles. The van der Waals surface area contributed by atoms with E-state index in [0.717, 1.165) is 41.6 Å². The van der Waals surface area contributed by atoms with E-state index in [1.807, 2.05) is 26.1 Å². The molecule has 0 unspecified atom stereocenters. The van der Waals surface area contributed by atoms with Crippen LogP contribution in [-0.4, -0.2) is 38.4 Å². The van der Waals surface area contributed by atoms with Crippen molar-refractivity contribution >= 4 is 17.1 Å². The third-order valence-corrected chi connectivity index (χ3v) is 4.92. The number of pyridine rings is 1. The van der Waals surface area contributed by atoms with Crippen LogP contribution in [0.25, 0.3) is 22.3 Å². The number of H-pyrrole nitrogens is 1. The first kappa shape index (κ1) is 17.5. The number of alkyl carbamates (subject to hydrolysis) is 1. The van der Waals surface area contributed by atoms with Gasteiger partial charge in [0.25, 0.3) is 0 Å². The summed E-state index contributed by atoms with van der Waals surface area (Å²) in [5.74, 6) is 0.361. The number of hydrogen-bond acceptors (Lipinski definition) is 5. The van der Waals surface area contributed by atoms with Crippen molar-refractivity contribution in [2.45, 2.75) is 51.2 Å². The smallest absolute Gasteiger partial charge is 0.407 e. The molecule has 7 nitrogen and oxygen atoms in total. The van der Waals surface area contributed by atoms with Crippen LogP contribution in [0.3, 0.4) is 0 Å². The van der Waals surface area contributed by atoms with E-state index in [4.69, 9.17) is 4.74 Å². The molecule has 3 heterocycles. The maximum atomic E-state index is 11.8. The molecule has 140 valence electrons. The quantitative estimate of drug-likeness (QED) is 0.734. The van der Waals surface area contributed by atoms with E-state index in [1.165, 1.54) is 5.56 Å². The van der Waals surface area contributed by atoms with Gasteiger partial charge in [-0.15, -0.1) is 0 Å². The highest BCUT2D eigenvalue weighted by atomic mass is 16.6. The number of carbonyl (C=O) groups is 1. The van der Waals surface area contributed by atoms with Gasteiger partial charge < -0.3 is 15.0 Å². The third kappa shape index (κ3) is 3.92. The van der Waals surface area contributed by atoms with Crippen molar-refractivity contribution in [3.05, 3.63) is 42.4 Å². The van der Waals surface area contributed by atoms with Crippen LogP contribution in [0.5, 0.6) is 0 Å². The molecule has 2 N–H and O–H groups in total. The molecule has 1 saturated carbocycles. The fraction of sp³-hybridized carbons (Fsp3) is 0.400. The van der Waals surface area contributed by atoms with E-state index in [1.54, 1.807) is 12.4 Å². The molecule has 0 spiro atoms. The maximum absolute atomic E-state index is 11.8. The summed E-state index contributed by atoms with van der Waals surface area (Å²) in [7, 11) is 0. The zero-order valence-electron chi connectivity index (χ0n) is 15.5. The Balaban J connectivity index is 1.47. The first-order chi connectivity index (χ1) is 13.1. The topological polar surface area (TPSA) is 92.8 Å². The molecule has 0 saturated heterocycles. The molecule has 1 aliphatic carbocycles. The Hall–Kier alpha value is -2.96. The lowest BCUT2D eigenvalue weighted by molar-refractivity contribution is 0.0982. The van der Waals surface area contributed by atoms with Crippen LogP contribution in [-0.2, 0) is 4.74 Å². The van der Waals surface area contributed by atoms with Gasteiger partial charge in [0.1, 0.15) is 11.8 Å². The fourth-order valence-electron chi connectivity index (χ4n) is 3.63. The molecule has 0 aromatic carbocycles. The van der Waals surface area contributed by atoms with E-state index in [-0.39, 0.29) is 18.2 Å². The molecule has 0 bridgehead atoms. The van der Waals surface area contributed by atoms with Gasteiger partial charge in [0.2, 0.25) is 0 Å². The number of hydrogen-bond donors (Lipinski definition) is 2. The predicted molar refractivity (Wildman–Crippen MR) is 102 cm³/mol. The van der Waals surface area contributed by atoms with Gasteiger partial charge in [0.15, 0.2) is 0 Å². The number of carbonyl (C=O) groups excluding carboxylic acids is 1. The van der Waals surface area contributed by atoms with Crippen LogP contribution in [0.4, 0.5) is 4.79 Å². The van der Waals surface area contributed by atoms with Gasteiger partial charge in [-0.2, -0.15) is 10.2 Å². The first-order valence-corrected chi connectivity index (χ1v) is 9.31. The van der Waals surface area contributed by atoms with Crippen LogP contribution in [0.1, 0.15) is 44.6 Å². The number of rotatable bonds is 4. The number of aromatic nitrogens is 4. The average Bonchev–Trinajstić information content (AvgIpc) is 3.27. The van der Waals surface area contributed by atoms with E-state index in [9.17, 15) is 4.79 Å². The highest BCUT2D eigenvalue weighted by molar-refractivity contribution is 5.83. The average molecular weight is 365 g/mol. The van der Waals surface area contributed by atoms with E-state index in [0.29, 0.717) is 5.92 Å². The van der Waals surface area contributed by atoms with E-state index < -0.39 is 0 Å². The van der Waals surface area contributed by atoms with Crippen LogP contribution in [0.2, 0.25) is 0 Å². The van der Waals surface area contributed by atoms with Gasteiger partial charge >= 0.3 is 6.09 Å². The second-order valence-electron chi connectivity index (χ2n) is 7.36. The van der Waals surface area contributed by atoms with Gasteiger partial charge in [0, 0.05) is 28.9 Å². The Labute approximate surface area is 157 Å².